The van der Waals surface area contributed by atoms with Crippen LogP contribution in [-0.4, -0.2) is 23.5 Å². The average molecular weight is 169 g/mol. The molecule has 1 saturated heterocycles. The summed E-state index contributed by atoms with van der Waals surface area (Å²) in [5.74, 6) is 0.0520. The fourth-order valence-corrected chi connectivity index (χ4v) is 1.40. The first-order chi connectivity index (χ1) is 5.46. The Labute approximate surface area is 72.6 Å². The molecule has 0 amide bonds. The Bertz CT molecular complexity index is 211. The first kappa shape index (κ1) is 9.42. The summed E-state index contributed by atoms with van der Waals surface area (Å²) in [6, 6.07) is -0.532. The maximum atomic E-state index is 11.3. The molecule has 0 aromatic rings. The molecule has 1 rings (SSSR count). The highest BCUT2D eigenvalue weighted by atomic mass is 16.5. The summed E-state index contributed by atoms with van der Waals surface area (Å²) in [6.45, 7) is 7.34. The van der Waals surface area contributed by atoms with E-state index in [9.17, 15) is 4.79 Å². The lowest BCUT2D eigenvalue weighted by atomic mass is 9.91. The molecule has 1 aliphatic heterocycles. The van der Waals surface area contributed by atoms with Gasteiger partial charge in [-0.15, -0.1) is 6.58 Å². The van der Waals surface area contributed by atoms with Gasteiger partial charge in [-0.3, -0.25) is 4.79 Å². The van der Waals surface area contributed by atoms with Crippen molar-refractivity contribution in [3.63, 3.8) is 0 Å². The second-order valence-electron chi connectivity index (χ2n) is 3.75. The molecule has 0 aliphatic carbocycles. The molecule has 0 aromatic carbocycles. The predicted molar refractivity (Wildman–Crippen MR) is 46.7 cm³/mol. The fourth-order valence-electron chi connectivity index (χ4n) is 1.40. The van der Waals surface area contributed by atoms with Crippen molar-refractivity contribution in [3.05, 3.63) is 12.7 Å². The van der Waals surface area contributed by atoms with E-state index < -0.39 is 11.6 Å². The van der Waals surface area contributed by atoms with Gasteiger partial charge in [0.25, 0.3) is 0 Å². The van der Waals surface area contributed by atoms with Crippen LogP contribution in [0.25, 0.3) is 0 Å². The molecule has 3 nitrogen and oxygen atoms in total. The molecule has 12 heavy (non-hydrogen) atoms. The van der Waals surface area contributed by atoms with Gasteiger partial charge in [0.15, 0.2) is 5.78 Å². The second-order valence-corrected chi connectivity index (χ2v) is 3.75. The van der Waals surface area contributed by atoms with Crippen LogP contribution in [0.4, 0.5) is 0 Å². The van der Waals surface area contributed by atoms with Crippen LogP contribution in [0.15, 0.2) is 12.7 Å². The average Bonchev–Trinajstić information content (AvgIpc) is 1.96. The van der Waals surface area contributed by atoms with Crippen LogP contribution in [0, 0.1) is 0 Å². The van der Waals surface area contributed by atoms with Crippen molar-refractivity contribution in [3.8, 4) is 0 Å². The summed E-state index contributed by atoms with van der Waals surface area (Å²) < 4.78 is 5.54. The normalized spacial score (nSPS) is 34.8. The zero-order valence-corrected chi connectivity index (χ0v) is 7.54. The number of hydrogen-bond donors (Lipinski definition) is 1. The highest BCUT2D eigenvalue weighted by molar-refractivity contribution is 5.86. The summed E-state index contributed by atoms with van der Waals surface area (Å²) >= 11 is 0. The molecule has 68 valence electrons. The summed E-state index contributed by atoms with van der Waals surface area (Å²) in [4.78, 5) is 11.3. The molecule has 0 aromatic heterocycles. The van der Waals surface area contributed by atoms with Crippen LogP contribution < -0.4 is 5.73 Å². The smallest absolute Gasteiger partial charge is 0.155 e. The number of carbonyl (C=O) groups excluding carboxylic acids is 1. The number of ketones is 1. The van der Waals surface area contributed by atoms with Gasteiger partial charge in [0.2, 0.25) is 0 Å². The zero-order chi connectivity index (χ0) is 9.35. The Kier molecular flexibility index (Phi) is 2.35. The minimum atomic E-state index is -0.532. The molecular weight excluding hydrogens is 154 g/mol. The van der Waals surface area contributed by atoms with Crippen LogP contribution in [0.5, 0.6) is 0 Å². The van der Waals surface area contributed by atoms with E-state index in [0.29, 0.717) is 6.42 Å². The first-order valence-electron chi connectivity index (χ1n) is 4.05. The molecule has 2 atom stereocenters. The molecule has 2 N–H and O–H groups in total. The van der Waals surface area contributed by atoms with Crippen LogP contribution in [0.1, 0.15) is 20.3 Å². The minimum Gasteiger partial charge on any atom is -0.366 e. The lowest BCUT2D eigenvalue weighted by Crippen LogP contribution is -2.53. The van der Waals surface area contributed by atoms with Crippen LogP contribution in [0.3, 0.4) is 0 Å². The Morgan fingerprint density at radius 3 is 2.83 bits per heavy atom. The van der Waals surface area contributed by atoms with Crippen molar-refractivity contribution < 1.29 is 9.53 Å². The van der Waals surface area contributed by atoms with Gasteiger partial charge in [0, 0.05) is 6.42 Å². The van der Waals surface area contributed by atoms with Gasteiger partial charge in [-0.25, -0.2) is 0 Å². The van der Waals surface area contributed by atoms with E-state index >= 15 is 0 Å². The lowest BCUT2D eigenvalue weighted by Gasteiger charge is -2.37. The van der Waals surface area contributed by atoms with Gasteiger partial charge in [-0.1, -0.05) is 6.08 Å². The third kappa shape index (κ3) is 1.73. The topological polar surface area (TPSA) is 52.3 Å². The number of carbonyl (C=O) groups is 1. The largest absolute Gasteiger partial charge is 0.366 e. The number of rotatable bonds is 1. The van der Waals surface area contributed by atoms with Crippen molar-refractivity contribution in [2.24, 2.45) is 5.73 Å². The van der Waals surface area contributed by atoms with Crippen molar-refractivity contribution in [1.29, 1.82) is 0 Å². The quantitative estimate of drug-likeness (QED) is 0.586. The summed E-state index contributed by atoms with van der Waals surface area (Å²) in [6.07, 6.45) is 1.64. The van der Waals surface area contributed by atoms with E-state index in [1.165, 1.54) is 0 Å². The summed E-state index contributed by atoms with van der Waals surface area (Å²) in [5, 5.41) is 0. The van der Waals surface area contributed by atoms with Crippen molar-refractivity contribution in [2.45, 2.75) is 38.0 Å². The van der Waals surface area contributed by atoms with Gasteiger partial charge in [0.05, 0.1) is 17.7 Å². The van der Waals surface area contributed by atoms with E-state index in [0.717, 1.165) is 0 Å². The van der Waals surface area contributed by atoms with Crippen molar-refractivity contribution >= 4 is 5.78 Å². The molecule has 0 saturated carbocycles. The van der Waals surface area contributed by atoms with E-state index in [1.807, 2.05) is 13.8 Å². The minimum absolute atomic E-state index is 0.0520. The number of ether oxygens (including phenoxy) is 1. The maximum Gasteiger partial charge on any atom is 0.155 e. The molecule has 1 aliphatic rings. The molecule has 0 radical (unpaired) electrons. The fraction of sp³-hybridized carbons (Fsp3) is 0.667. The van der Waals surface area contributed by atoms with Gasteiger partial charge in [-0.05, 0) is 13.8 Å². The Hall–Kier alpha value is -0.670. The monoisotopic (exact) mass is 169 g/mol. The third-order valence-electron chi connectivity index (χ3n) is 2.01. The van der Waals surface area contributed by atoms with E-state index in [2.05, 4.69) is 6.58 Å². The molecule has 0 bridgehead atoms. The lowest BCUT2D eigenvalue weighted by molar-refractivity contribution is -0.146. The molecule has 0 unspecified atom stereocenters. The summed E-state index contributed by atoms with van der Waals surface area (Å²) in [5.41, 5.74) is 5.21. The van der Waals surface area contributed by atoms with Gasteiger partial charge in [0.1, 0.15) is 0 Å². The number of nitrogens with two attached hydrogens (primary N) is 1. The standard InChI is InChI=1S/C9H15NO2/c1-4-7-8(10)6(11)5-9(2,3)12-7/h4,7-8H,1,5,10H2,2-3H3/t7-,8+/m1/s1. The maximum absolute atomic E-state index is 11.3. The molecular formula is C9H15NO2. The highest BCUT2D eigenvalue weighted by Crippen LogP contribution is 2.25. The molecule has 1 heterocycles. The van der Waals surface area contributed by atoms with Gasteiger partial charge < -0.3 is 10.5 Å². The first-order valence-corrected chi connectivity index (χ1v) is 4.05. The van der Waals surface area contributed by atoms with Crippen molar-refractivity contribution in [2.75, 3.05) is 0 Å². The Morgan fingerprint density at radius 1 is 1.75 bits per heavy atom. The third-order valence-corrected chi connectivity index (χ3v) is 2.01. The highest BCUT2D eigenvalue weighted by Gasteiger charge is 2.37. The summed E-state index contributed by atoms with van der Waals surface area (Å²) in [7, 11) is 0. The molecule has 3 heteroatoms. The Balaban J connectivity index is 2.78. The predicted octanol–water partition coefficient (Wildman–Crippen LogP) is 0.636. The number of hydrogen-bond acceptors (Lipinski definition) is 3. The van der Waals surface area contributed by atoms with E-state index in [-0.39, 0.29) is 11.9 Å². The van der Waals surface area contributed by atoms with Crippen LogP contribution >= 0.6 is 0 Å². The second kappa shape index (κ2) is 2.99. The Morgan fingerprint density at radius 2 is 2.33 bits per heavy atom. The molecule has 0 spiro atoms. The molecule has 1 fully saturated rings. The van der Waals surface area contributed by atoms with Gasteiger partial charge in [-0.2, -0.15) is 0 Å². The van der Waals surface area contributed by atoms with E-state index in [4.69, 9.17) is 10.5 Å². The number of Topliss-reactive ketones (excluding diaryl/α,β-unsaturated/α-hetero) is 1. The SMILES string of the molecule is C=C[C@H]1OC(C)(C)CC(=O)[C@@H]1N. The van der Waals surface area contributed by atoms with Crippen LogP contribution in [-0.2, 0) is 9.53 Å². The van der Waals surface area contributed by atoms with E-state index in [1.54, 1.807) is 6.08 Å². The zero-order valence-electron chi connectivity index (χ0n) is 7.54. The van der Waals surface area contributed by atoms with Crippen LogP contribution in [0.2, 0.25) is 0 Å². The van der Waals surface area contributed by atoms with Crippen molar-refractivity contribution in [1.82, 2.24) is 0 Å². The van der Waals surface area contributed by atoms with Gasteiger partial charge >= 0.3 is 0 Å².